The minimum atomic E-state index is -4.33. The molecule has 1 aliphatic heterocycles. The normalized spacial score (nSPS) is 17.2. The minimum absolute atomic E-state index is 0.124. The van der Waals surface area contributed by atoms with Crippen LogP contribution in [-0.2, 0) is 24.1 Å². The smallest absolute Gasteiger partial charge is 0.333 e. The van der Waals surface area contributed by atoms with E-state index in [1.54, 1.807) is 17.4 Å². The number of halogens is 3. The van der Waals surface area contributed by atoms with Gasteiger partial charge < -0.3 is 10.2 Å². The van der Waals surface area contributed by atoms with Crippen LogP contribution in [0.3, 0.4) is 0 Å². The fourth-order valence-electron chi connectivity index (χ4n) is 3.80. The summed E-state index contributed by atoms with van der Waals surface area (Å²) < 4.78 is 39.6. The molecule has 1 saturated heterocycles. The molecule has 4 nitrogen and oxygen atoms in total. The highest BCUT2D eigenvalue weighted by molar-refractivity contribution is 7.18. The van der Waals surface area contributed by atoms with Crippen LogP contribution < -0.4 is 5.32 Å². The van der Waals surface area contributed by atoms with Gasteiger partial charge in [0.1, 0.15) is 5.01 Å². The van der Waals surface area contributed by atoms with E-state index in [2.05, 4.69) is 10.3 Å². The Balaban J connectivity index is 1.31. The number of rotatable bonds is 7. The van der Waals surface area contributed by atoms with E-state index in [1.165, 1.54) is 12.1 Å². The Labute approximate surface area is 176 Å². The molecule has 1 amide bonds. The van der Waals surface area contributed by atoms with Crippen molar-refractivity contribution in [3.8, 4) is 0 Å². The number of fused-ring (bicyclic) bond motifs is 1. The Bertz CT molecular complexity index is 1000. The van der Waals surface area contributed by atoms with E-state index in [9.17, 15) is 18.0 Å². The third kappa shape index (κ3) is 4.82. The van der Waals surface area contributed by atoms with Gasteiger partial charge in [-0.15, -0.1) is 11.3 Å². The third-order valence-corrected chi connectivity index (χ3v) is 6.36. The van der Waals surface area contributed by atoms with Gasteiger partial charge in [0.25, 0.3) is 0 Å². The molecule has 0 aliphatic carbocycles. The summed E-state index contributed by atoms with van der Waals surface area (Å²) in [5.41, 5.74) is 0.910. The summed E-state index contributed by atoms with van der Waals surface area (Å²) in [4.78, 5) is 18.9. The maximum absolute atomic E-state index is 12.8. The largest absolute Gasteiger partial charge is 0.416 e. The monoisotopic (exact) mass is 433 g/mol. The van der Waals surface area contributed by atoms with Gasteiger partial charge in [-0.05, 0) is 43.1 Å². The maximum atomic E-state index is 12.8. The summed E-state index contributed by atoms with van der Waals surface area (Å²) in [5.74, 6) is 0.136. The van der Waals surface area contributed by atoms with E-state index >= 15 is 0 Å². The highest BCUT2D eigenvalue weighted by atomic mass is 32.1. The van der Waals surface area contributed by atoms with Crippen molar-refractivity contribution in [3.63, 3.8) is 0 Å². The van der Waals surface area contributed by atoms with E-state index in [-0.39, 0.29) is 11.9 Å². The van der Waals surface area contributed by atoms with Crippen LogP contribution in [0.2, 0.25) is 0 Å². The molecule has 3 aromatic rings. The number of likely N-dealkylation sites (tertiary alicyclic amines) is 1. The van der Waals surface area contributed by atoms with Crippen molar-refractivity contribution < 1.29 is 18.0 Å². The van der Waals surface area contributed by atoms with Crippen molar-refractivity contribution in [1.29, 1.82) is 0 Å². The van der Waals surface area contributed by atoms with Crippen LogP contribution in [0.25, 0.3) is 10.2 Å². The molecule has 0 spiro atoms. The molecule has 8 heteroatoms. The number of carbonyl (C=O) groups excluding carboxylic acids is 1. The Hall–Kier alpha value is -2.45. The molecule has 1 N–H and O–H groups in total. The van der Waals surface area contributed by atoms with Crippen LogP contribution >= 0.6 is 11.3 Å². The van der Waals surface area contributed by atoms with E-state index in [0.29, 0.717) is 31.6 Å². The van der Waals surface area contributed by atoms with Crippen molar-refractivity contribution >= 4 is 27.5 Å². The molecular formula is C22H22F3N3OS. The summed E-state index contributed by atoms with van der Waals surface area (Å²) in [6.07, 6.45) is -2.24. The second kappa shape index (κ2) is 8.73. The average molecular weight is 433 g/mol. The summed E-state index contributed by atoms with van der Waals surface area (Å²) in [6, 6.07) is 13.4. The predicted octanol–water partition coefficient (Wildman–Crippen LogP) is 4.99. The Morgan fingerprint density at radius 2 is 2.00 bits per heavy atom. The highest BCUT2D eigenvalue weighted by Crippen LogP contribution is 2.30. The first kappa shape index (κ1) is 20.8. The minimum Gasteiger partial charge on any atom is -0.333 e. The molecule has 1 aromatic heterocycles. The first-order valence-electron chi connectivity index (χ1n) is 9.91. The van der Waals surface area contributed by atoms with Crippen molar-refractivity contribution in [2.24, 2.45) is 0 Å². The summed E-state index contributed by atoms with van der Waals surface area (Å²) >= 11 is 1.60. The number of nitrogens with one attached hydrogen (secondary N) is 1. The summed E-state index contributed by atoms with van der Waals surface area (Å²) in [6.45, 7) is 1.50. The maximum Gasteiger partial charge on any atom is 0.416 e. The number of hydrogen-bond donors (Lipinski definition) is 1. The quantitative estimate of drug-likeness (QED) is 0.534. The molecule has 1 aliphatic rings. The second-order valence-electron chi connectivity index (χ2n) is 7.45. The van der Waals surface area contributed by atoms with Gasteiger partial charge in [0, 0.05) is 19.0 Å². The van der Waals surface area contributed by atoms with E-state index in [0.717, 1.165) is 34.1 Å². The van der Waals surface area contributed by atoms with Crippen molar-refractivity contribution in [2.75, 3.05) is 6.54 Å². The molecule has 0 radical (unpaired) electrons. The van der Waals surface area contributed by atoms with Gasteiger partial charge in [0.15, 0.2) is 0 Å². The van der Waals surface area contributed by atoms with Gasteiger partial charge in [-0.1, -0.05) is 30.3 Å². The van der Waals surface area contributed by atoms with Crippen LogP contribution in [0.1, 0.15) is 35.4 Å². The van der Waals surface area contributed by atoms with Gasteiger partial charge in [-0.2, -0.15) is 13.2 Å². The lowest BCUT2D eigenvalue weighted by molar-refractivity contribution is -0.137. The highest BCUT2D eigenvalue weighted by Gasteiger charge is 2.31. The van der Waals surface area contributed by atoms with Crippen LogP contribution in [0.15, 0.2) is 48.5 Å². The van der Waals surface area contributed by atoms with Crippen LogP contribution in [0.4, 0.5) is 13.2 Å². The zero-order valence-electron chi connectivity index (χ0n) is 16.3. The molecule has 1 fully saturated rings. The van der Waals surface area contributed by atoms with Gasteiger partial charge >= 0.3 is 6.18 Å². The van der Waals surface area contributed by atoms with Gasteiger partial charge in [0.2, 0.25) is 5.91 Å². The number of carbonyl (C=O) groups is 1. The van der Waals surface area contributed by atoms with Gasteiger partial charge in [-0.3, -0.25) is 4.79 Å². The zero-order chi connectivity index (χ0) is 21.1. The fourth-order valence-corrected chi connectivity index (χ4v) is 4.77. The number of para-hydroxylation sites is 1. The zero-order valence-corrected chi connectivity index (χ0v) is 17.1. The molecule has 2 heterocycles. The Kier molecular flexibility index (Phi) is 6.06. The van der Waals surface area contributed by atoms with Gasteiger partial charge in [-0.25, -0.2) is 4.98 Å². The van der Waals surface area contributed by atoms with Crippen molar-refractivity contribution in [1.82, 2.24) is 15.2 Å². The number of hydrogen-bond acceptors (Lipinski definition) is 4. The lowest BCUT2D eigenvalue weighted by Gasteiger charge is -2.24. The van der Waals surface area contributed by atoms with Crippen molar-refractivity contribution in [2.45, 2.75) is 44.6 Å². The standard InChI is InChI=1S/C22H22F3N3OS/c23-22(24,25)16-5-3-4-15(12-16)13-26-11-10-17-8-9-21(29)28(17)14-20-27-18-6-1-2-7-19(18)30-20/h1-7,12,17,26H,8-11,13-14H2. The summed E-state index contributed by atoms with van der Waals surface area (Å²) in [7, 11) is 0. The Morgan fingerprint density at radius 1 is 1.17 bits per heavy atom. The first-order chi connectivity index (χ1) is 14.4. The summed E-state index contributed by atoms with van der Waals surface area (Å²) in [5, 5.41) is 4.13. The van der Waals surface area contributed by atoms with E-state index < -0.39 is 11.7 Å². The first-order valence-corrected chi connectivity index (χ1v) is 10.7. The lowest BCUT2D eigenvalue weighted by atomic mass is 10.1. The number of amides is 1. The predicted molar refractivity (Wildman–Crippen MR) is 111 cm³/mol. The molecular weight excluding hydrogens is 411 g/mol. The molecule has 1 unspecified atom stereocenters. The SMILES string of the molecule is O=C1CCC(CCNCc2cccc(C(F)(F)F)c2)N1Cc1nc2ccccc2s1. The molecule has 4 rings (SSSR count). The fraction of sp³-hybridized carbons (Fsp3) is 0.364. The molecule has 0 bridgehead atoms. The average Bonchev–Trinajstić information content (AvgIpc) is 3.28. The number of nitrogens with zero attached hydrogens (tertiary/aromatic N) is 2. The van der Waals surface area contributed by atoms with Crippen molar-refractivity contribution in [3.05, 3.63) is 64.7 Å². The van der Waals surface area contributed by atoms with E-state index in [1.807, 2.05) is 29.2 Å². The van der Waals surface area contributed by atoms with Gasteiger partial charge in [0.05, 0.1) is 22.3 Å². The van der Waals surface area contributed by atoms with Crippen LogP contribution in [0.5, 0.6) is 0 Å². The number of aromatic nitrogens is 1. The number of benzene rings is 2. The van der Waals surface area contributed by atoms with Crippen LogP contribution in [0, 0.1) is 0 Å². The molecule has 1 atom stereocenters. The molecule has 30 heavy (non-hydrogen) atoms. The topological polar surface area (TPSA) is 45.2 Å². The molecule has 0 saturated carbocycles. The molecule has 2 aromatic carbocycles. The number of thiazole rings is 1. The third-order valence-electron chi connectivity index (χ3n) is 5.33. The van der Waals surface area contributed by atoms with E-state index in [4.69, 9.17) is 0 Å². The number of alkyl halides is 3. The second-order valence-corrected chi connectivity index (χ2v) is 8.57. The Morgan fingerprint density at radius 3 is 2.80 bits per heavy atom. The molecule has 158 valence electrons. The lowest BCUT2D eigenvalue weighted by Crippen LogP contribution is -2.34. The van der Waals surface area contributed by atoms with Crippen LogP contribution in [-0.4, -0.2) is 28.4 Å².